The first kappa shape index (κ1) is 9.40. The van der Waals surface area contributed by atoms with Crippen LogP contribution in [-0.2, 0) is 11.0 Å². The Balaban J connectivity index is 2.02. The Morgan fingerprint density at radius 1 is 0.765 bits per heavy atom. The van der Waals surface area contributed by atoms with Crippen LogP contribution in [0.5, 0.6) is 0 Å². The minimum absolute atomic E-state index is 0.237. The van der Waals surface area contributed by atoms with Gasteiger partial charge in [0.25, 0.3) is 0 Å². The average molecular weight is 224 g/mol. The lowest BCUT2D eigenvalue weighted by molar-refractivity contribution is -0.0691. The van der Waals surface area contributed by atoms with Gasteiger partial charge in [-0.1, -0.05) is 48.5 Å². The molecule has 0 heterocycles. The molecule has 0 bridgehead atoms. The van der Waals surface area contributed by atoms with Crippen LogP contribution in [0.25, 0.3) is 0 Å². The van der Waals surface area contributed by atoms with Crippen LogP contribution >= 0.6 is 0 Å². The van der Waals surface area contributed by atoms with Crippen LogP contribution in [0.1, 0.15) is 22.3 Å². The summed E-state index contributed by atoms with van der Waals surface area (Å²) in [7, 11) is 0. The SMILES string of the molecule is OCC1(O)c2ccccc2C12c1ccccc12. The smallest absolute Gasteiger partial charge is 0.131 e. The third kappa shape index (κ3) is 0.742. The van der Waals surface area contributed by atoms with Gasteiger partial charge in [0.2, 0.25) is 0 Å². The van der Waals surface area contributed by atoms with Crippen LogP contribution in [0.2, 0.25) is 0 Å². The highest BCUT2D eigenvalue weighted by atomic mass is 16.3. The normalized spacial score (nSPS) is 26.0. The van der Waals surface area contributed by atoms with Gasteiger partial charge in [-0.3, -0.25) is 0 Å². The highest BCUT2D eigenvalue weighted by molar-refractivity contribution is 5.79. The Morgan fingerprint density at radius 3 is 1.65 bits per heavy atom. The summed E-state index contributed by atoms with van der Waals surface area (Å²) in [5.41, 5.74) is 2.73. The zero-order valence-electron chi connectivity index (χ0n) is 9.22. The molecule has 2 heteroatoms. The number of aliphatic hydroxyl groups excluding tert-OH is 1. The van der Waals surface area contributed by atoms with Gasteiger partial charge in [0.15, 0.2) is 0 Å². The molecule has 0 saturated heterocycles. The topological polar surface area (TPSA) is 40.5 Å². The van der Waals surface area contributed by atoms with Crippen molar-refractivity contribution in [3.63, 3.8) is 0 Å². The summed E-state index contributed by atoms with van der Waals surface area (Å²) in [6, 6.07) is 15.8. The molecule has 2 aliphatic rings. The first-order valence-corrected chi connectivity index (χ1v) is 5.80. The lowest BCUT2D eigenvalue weighted by atomic mass is 9.59. The maximum absolute atomic E-state index is 10.7. The van der Waals surface area contributed by atoms with E-state index in [1.54, 1.807) is 0 Å². The molecule has 2 N–H and O–H groups in total. The number of aliphatic hydroxyl groups is 2. The lowest BCUT2D eigenvalue weighted by Crippen LogP contribution is -2.54. The van der Waals surface area contributed by atoms with E-state index in [1.807, 2.05) is 48.5 Å². The van der Waals surface area contributed by atoms with E-state index in [0.717, 1.165) is 22.3 Å². The van der Waals surface area contributed by atoms with Crippen LogP contribution in [0, 0.1) is 0 Å². The minimum Gasteiger partial charge on any atom is -0.393 e. The van der Waals surface area contributed by atoms with Crippen LogP contribution in [0.3, 0.4) is 0 Å². The second-order valence-corrected chi connectivity index (χ2v) is 4.86. The van der Waals surface area contributed by atoms with Crippen molar-refractivity contribution in [1.29, 1.82) is 0 Å². The van der Waals surface area contributed by atoms with Gasteiger partial charge >= 0.3 is 0 Å². The van der Waals surface area contributed by atoms with Gasteiger partial charge in [-0.25, -0.2) is 0 Å². The van der Waals surface area contributed by atoms with Crippen molar-refractivity contribution in [2.24, 2.45) is 0 Å². The number of fused-ring (bicyclic) bond motifs is 5. The fraction of sp³-hybridized carbons (Fsp3) is 0.200. The molecule has 2 aromatic rings. The molecule has 0 aromatic heterocycles. The summed E-state index contributed by atoms with van der Waals surface area (Å²) in [5, 5.41) is 20.3. The molecule has 4 rings (SSSR count). The molecule has 0 saturated carbocycles. The Kier molecular flexibility index (Phi) is 1.44. The Hall–Kier alpha value is -1.64. The van der Waals surface area contributed by atoms with E-state index in [4.69, 9.17) is 0 Å². The Bertz CT molecular complexity index is 609. The predicted molar refractivity (Wildman–Crippen MR) is 63.7 cm³/mol. The van der Waals surface area contributed by atoms with Crippen molar-refractivity contribution < 1.29 is 10.2 Å². The zero-order valence-corrected chi connectivity index (χ0v) is 9.22. The van der Waals surface area contributed by atoms with Gasteiger partial charge in [0, 0.05) is 0 Å². The average Bonchev–Trinajstić information content (AvgIpc) is 3.10. The van der Waals surface area contributed by atoms with Crippen LogP contribution in [0.4, 0.5) is 0 Å². The highest BCUT2D eigenvalue weighted by Gasteiger charge is 2.72. The van der Waals surface area contributed by atoms with Crippen LogP contribution in [0.15, 0.2) is 48.5 Å². The summed E-state index contributed by atoms with van der Waals surface area (Å²) in [6.45, 7) is -0.237. The van der Waals surface area contributed by atoms with Crippen LogP contribution in [-0.4, -0.2) is 16.8 Å². The van der Waals surface area contributed by atoms with Gasteiger partial charge in [-0.05, 0) is 22.3 Å². The summed E-state index contributed by atoms with van der Waals surface area (Å²) in [6.07, 6.45) is 0. The second-order valence-electron chi connectivity index (χ2n) is 4.86. The van der Waals surface area contributed by atoms with Crippen molar-refractivity contribution in [2.45, 2.75) is 11.0 Å². The predicted octanol–water partition coefficient (Wildman–Crippen LogP) is 1.53. The third-order valence-electron chi connectivity index (χ3n) is 4.30. The Labute approximate surface area is 99.2 Å². The molecule has 1 unspecified atom stereocenters. The van der Waals surface area contributed by atoms with Gasteiger partial charge in [0.05, 0.1) is 12.0 Å². The number of rotatable bonds is 1. The molecule has 0 fully saturated rings. The molecule has 84 valence electrons. The molecule has 17 heavy (non-hydrogen) atoms. The molecule has 0 amide bonds. The molecular formula is C15H12O2. The van der Waals surface area contributed by atoms with E-state index < -0.39 is 11.0 Å². The van der Waals surface area contributed by atoms with E-state index in [-0.39, 0.29) is 6.61 Å². The molecule has 2 aliphatic carbocycles. The summed E-state index contributed by atoms with van der Waals surface area (Å²) < 4.78 is 0. The second kappa shape index (κ2) is 2.61. The summed E-state index contributed by atoms with van der Waals surface area (Å²) >= 11 is 0. The number of benzene rings is 2. The third-order valence-corrected chi connectivity index (χ3v) is 4.30. The van der Waals surface area contributed by atoms with Gasteiger partial charge in [-0.2, -0.15) is 0 Å². The summed E-state index contributed by atoms with van der Waals surface area (Å²) in [4.78, 5) is 0. The van der Waals surface area contributed by atoms with E-state index in [9.17, 15) is 10.2 Å². The fourth-order valence-electron chi connectivity index (χ4n) is 3.53. The van der Waals surface area contributed by atoms with Gasteiger partial charge in [-0.15, -0.1) is 0 Å². The van der Waals surface area contributed by atoms with Crippen molar-refractivity contribution in [1.82, 2.24) is 0 Å². The zero-order chi connectivity index (χ0) is 11.7. The Morgan fingerprint density at radius 2 is 1.18 bits per heavy atom. The first-order chi connectivity index (χ1) is 8.27. The molecule has 0 aliphatic heterocycles. The van der Waals surface area contributed by atoms with Crippen molar-refractivity contribution in [3.05, 3.63) is 70.8 Å². The van der Waals surface area contributed by atoms with Crippen molar-refractivity contribution >= 4 is 0 Å². The molecule has 1 spiro atoms. The number of hydrogen-bond acceptors (Lipinski definition) is 2. The van der Waals surface area contributed by atoms with Gasteiger partial charge in [0.1, 0.15) is 5.60 Å². The lowest BCUT2D eigenvalue weighted by Gasteiger charge is -2.48. The van der Waals surface area contributed by atoms with E-state index in [0.29, 0.717) is 0 Å². The van der Waals surface area contributed by atoms with E-state index >= 15 is 0 Å². The maximum atomic E-state index is 10.7. The maximum Gasteiger partial charge on any atom is 0.131 e. The minimum atomic E-state index is -1.13. The monoisotopic (exact) mass is 224 g/mol. The fourth-order valence-corrected chi connectivity index (χ4v) is 3.53. The van der Waals surface area contributed by atoms with Crippen molar-refractivity contribution in [2.75, 3.05) is 6.61 Å². The molecule has 0 radical (unpaired) electrons. The summed E-state index contributed by atoms with van der Waals surface area (Å²) in [5.74, 6) is 0. The van der Waals surface area contributed by atoms with E-state index in [2.05, 4.69) is 0 Å². The largest absolute Gasteiger partial charge is 0.393 e. The van der Waals surface area contributed by atoms with Crippen molar-refractivity contribution in [3.8, 4) is 0 Å². The quantitative estimate of drug-likeness (QED) is 0.771. The first-order valence-electron chi connectivity index (χ1n) is 5.80. The van der Waals surface area contributed by atoms with Crippen LogP contribution < -0.4 is 0 Å². The molecular weight excluding hydrogens is 212 g/mol. The molecule has 2 nitrogen and oxygen atoms in total. The molecule has 1 atom stereocenters. The van der Waals surface area contributed by atoms with E-state index in [1.165, 1.54) is 0 Å². The molecule has 2 aromatic carbocycles. The standard InChI is InChI=1S/C15H12O2/c16-9-14(17)10-5-1-2-6-11(10)15(14)12-7-3-4-8-13(12)15/h1-8,16-17H,9H2. The highest BCUT2D eigenvalue weighted by Crippen LogP contribution is 2.71. The number of hydrogen-bond donors (Lipinski definition) is 2. The van der Waals surface area contributed by atoms with Gasteiger partial charge < -0.3 is 10.2 Å².